The van der Waals surface area contributed by atoms with Gasteiger partial charge in [0.15, 0.2) is 0 Å². The molecule has 1 unspecified atom stereocenters. The first-order chi connectivity index (χ1) is 4.12. The van der Waals surface area contributed by atoms with E-state index >= 15 is 0 Å². The second-order valence-electron chi connectivity index (χ2n) is 2.61. The van der Waals surface area contributed by atoms with E-state index < -0.39 is 5.60 Å². The number of hydrogen-bond acceptors (Lipinski definition) is 1. The molecule has 0 spiro atoms. The zero-order valence-corrected chi connectivity index (χ0v) is 6.52. The maximum absolute atomic E-state index is 9.43. The van der Waals surface area contributed by atoms with Gasteiger partial charge < -0.3 is 5.11 Å². The van der Waals surface area contributed by atoms with Crippen LogP contribution in [-0.4, -0.2) is 10.7 Å². The molecule has 0 amide bonds. The minimum atomic E-state index is -0.580. The smallest absolute Gasteiger partial charge is 0.0799 e. The Morgan fingerprint density at radius 2 is 2.11 bits per heavy atom. The Morgan fingerprint density at radius 3 is 2.44 bits per heavy atom. The van der Waals surface area contributed by atoms with Crippen molar-refractivity contribution in [3.8, 4) is 0 Å². The molecule has 9 heavy (non-hydrogen) atoms. The average Bonchev–Trinajstić information content (AvgIpc) is 1.64. The first-order valence-electron chi connectivity index (χ1n) is 3.48. The fourth-order valence-corrected chi connectivity index (χ4v) is 0.949. The fraction of sp³-hybridized carbons (Fsp3) is 0.750. The van der Waals surface area contributed by atoms with Gasteiger partial charge in [0.25, 0.3) is 0 Å². The molecule has 0 saturated heterocycles. The summed E-state index contributed by atoms with van der Waals surface area (Å²) in [7, 11) is 0. The molecule has 0 aliphatic carbocycles. The predicted molar refractivity (Wildman–Crippen MR) is 40.3 cm³/mol. The van der Waals surface area contributed by atoms with Gasteiger partial charge in [0.05, 0.1) is 5.60 Å². The maximum Gasteiger partial charge on any atom is 0.0799 e. The highest BCUT2D eigenvalue weighted by Gasteiger charge is 2.12. The molecule has 0 aromatic rings. The lowest BCUT2D eigenvalue weighted by Crippen LogP contribution is -2.19. The van der Waals surface area contributed by atoms with E-state index in [-0.39, 0.29) is 0 Å². The fourth-order valence-electron chi connectivity index (χ4n) is 0.949. The summed E-state index contributed by atoms with van der Waals surface area (Å²) in [6.07, 6.45) is 5.58. The van der Waals surface area contributed by atoms with Gasteiger partial charge >= 0.3 is 0 Å². The summed E-state index contributed by atoms with van der Waals surface area (Å²) in [6, 6.07) is 0. The minimum absolute atomic E-state index is 0.580. The third kappa shape index (κ3) is 4.22. The first-order valence-corrected chi connectivity index (χ1v) is 3.48. The summed E-state index contributed by atoms with van der Waals surface area (Å²) in [5, 5.41) is 9.43. The van der Waals surface area contributed by atoms with Crippen molar-refractivity contribution in [2.75, 3.05) is 0 Å². The Kier molecular flexibility index (Phi) is 3.55. The van der Waals surface area contributed by atoms with Gasteiger partial charge in [0, 0.05) is 0 Å². The molecule has 54 valence electrons. The monoisotopic (exact) mass is 128 g/mol. The third-order valence-electron chi connectivity index (χ3n) is 1.28. The van der Waals surface area contributed by atoms with Crippen LogP contribution in [0.3, 0.4) is 0 Å². The molecule has 1 nitrogen and oxygen atoms in total. The van der Waals surface area contributed by atoms with Crippen molar-refractivity contribution in [2.24, 2.45) is 0 Å². The lowest BCUT2D eigenvalue weighted by molar-refractivity contribution is 0.101. The van der Waals surface area contributed by atoms with Gasteiger partial charge in [-0.3, -0.25) is 0 Å². The van der Waals surface area contributed by atoms with Crippen molar-refractivity contribution in [2.45, 2.75) is 39.2 Å². The van der Waals surface area contributed by atoms with Crippen LogP contribution in [-0.2, 0) is 0 Å². The van der Waals surface area contributed by atoms with Gasteiger partial charge in [-0.1, -0.05) is 25.5 Å². The van der Waals surface area contributed by atoms with Crippen LogP contribution >= 0.6 is 0 Å². The van der Waals surface area contributed by atoms with Crippen molar-refractivity contribution in [3.63, 3.8) is 0 Å². The first kappa shape index (κ1) is 8.70. The second kappa shape index (κ2) is 3.67. The molecule has 0 radical (unpaired) electrons. The van der Waals surface area contributed by atoms with Crippen molar-refractivity contribution in [3.05, 3.63) is 12.2 Å². The van der Waals surface area contributed by atoms with Crippen molar-refractivity contribution < 1.29 is 5.11 Å². The summed E-state index contributed by atoms with van der Waals surface area (Å²) < 4.78 is 0. The van der Waals surface area contributed by atoms with Crippen LogP contribution in [0, 0.1) is 0 Å². The second-order valence-corrected chi connectivity index (χ2v) is 2.61. The zero-order valence-electron chi connectivity index (χ0n) is 6.52. The van der Waals surface area contributed by atoms with E-state index in [1.807, 2.05) is 26.0 Å². The van der Waals surface area contributed by atoms with E-state index in [4.69, 9.17) is 0 Å². The Morgan fingerprint density at radius 1 is 1.56 bits per heavy atom. The van der Waals surface area contributed by atoms with Crippen LogP contribution < -0.4 is 0 Å². The third-order valence-corrected chi connectivity index (χ3v) is 1.28. The molecule has 0 aliphatic heterocycles. The minimum Gasteiger partial charge on any atom is -0.386 e. The molecule has 0 aromatic heterocycles. The van der Waals surface area contributed by atoms with Crippen LogP contribution in [0.25, 0.3) is 0 Å². The van der Waals surface area contributed by atoms with Crippen LogP contribution in [0.15, 0.2) is 12.2 Å². The highest BCUT2D eigenvalue weighted by atomic mass is 16.3. The van der Waals surface area contributed by atoms with Crippen molar-refractivity contribution in [1.29, 1.82) is 0 Å². The van der Waals surface area contributed by atoms with Crippen LogP contribution in [0.1, 0.15) is 33.6 Å². The number of rotatable bonds is 3. The summed E-state index contributed by atoms with van der Waals surface area (Å²) in [6.45, 7) is 5.82. The standard InChI is InChI=1S/C8H16O/c1-4-6-8(3,9)7-5-2/h4,6,9H,5,7H2,1-3H3/b6-4+. The highest BCUT2D eigenvalue weighted by molar-refractivity contribution is 4.95. The topological polar surface area (TPSA) is 20.2 Å². The van der Waals surface area contributed by atoms with Gasteiger partial charge in [-0.05, 0) is 20.3 Å². The van der Waals surface area contributed by atoms with Crippen LogP contribution in [0.2, 0.25) is 0 Å². The van der Waals surface area contributed by atoms with Crippen molar-refractivity contribution >= 4 is 0 Å². The Balaban J connectivity index is 3.70. The largest absolute Gasteiger partial charge is 0.386 e. The number of hydrogen-bond donors (Lipinski definition) is 1. The summed E-state index contributed by atoms with van der Waals surface area (Å²) >= 11 is 0. The van der Waals surface area contributed by atoms with Gasteiger partial charge in [-0.2, -0.15) is 0 Å². The average molecular weight is 128 g/mol. The number of allylic oxidation sites excluding steroid dienone is 1. The molecule has 0 bridgehead atoms. The lowest BCUT2D eigenvalue weighted by Gasteiger charge is -2.16. The van der Waals surface area contributed by atoms with E-state index in [9.17, 15) is 5.11 Å². The van der Waals surface area contributed by atoms with Gasteiger partial charge in [-0.15, -0.1) is 0 Å². The molecule has 1 heteroatoms. The van der Waals surface area contributed by atoms with E-state index in [0.29, 0.717) is 0 Å². The quantitative estimate of drug-likeness (QED) is 0.577. The molecule has 1 N–H and O–H groups in total. The Hall–Kier alpha value is -0.300. The molecule has 0 heterocycles. The number of aliphatic hydroxyl groups is 1. The molecular formula is C8H16O. The molecular weight excluding hydrogens is 112 g/mol. The van der Waals surface area contributed by atoms with Gasteiger partial charge in [0.2, 0.25) is 0 Å². The van der Waals surface area contributed by atoms with Crippen LogP contribution in [0.5, 0.6) is 0 Å². The molecule has 0 aliphatic rings. The van der Waals surface area contributed by atoms with E-state index in [2.05, 4.69) is 6.92 Å². The van der Waals surface area contributed by atoms with E-state index in [0.717, 1.165) is 12.8 Å². The van der Waals surface area contributed by atoms with E-state index in [1.54, 1.807) is 0 Å². The predicted octanol–water partition coefficient (Wildman–Crippen LogP) is 2.11. The molecule has 1 atom stereocenters. The molecule has 0 rings (SSSR count). The van der Waals surface area contributed by atoms with E-state index in [1.165, 1.54) is 0 Å². The Labute approximate surface area is 57.4 Å². The molecule has 0 saturated carbocycles. The summed E-state index contributed by atoms with van der Waals surface area (Å²) in [5.41, 5.74) is -0.580. The SMILES string of the molecule is C/C=C/C(C)(O)CCC. The van der Waals surface area contributed by atoms with Gasteiger partial charge in [0.1, 0.15) is 0 Å². The van der Waals surface area contributed by atoms with Gasteiger partial charge in [-0.25, -0.2) is 0 Å². The zero-order chi connectivity index (χ0) is 7.33. The highest BCUT2D eigenvalue weighted by Crippen LogP contribution is 2.12. The lowest BCUT2D eigenvalue weighted by atomic mass is 10.0. The summed E-state index contributed by atoms with van der Waals surface area (Å²) in [5.74, 6) is 0. The molecule has 0 aromatic carbocycles. The summed E-state index contributed by atoms with van der Waals surface area (Å²) in [4.78, 5) is 0. The molecule has 0 fully saturated rings. The maximum atomic E-state index is 9.43. The normalized spacial score (nSPS) is 18.2. The van der Waals surface area contributed by atoms with Crippen molar-refractivity contribution in [1.82, 2.24) is 0 Å². The van der Waals surface area contributed by atoms with Crippen LogP contribution in [0.4, 0.5) is 0 Å². The Bertz CT molecular complexity index is 92.7.